The molecule has 2 unspecified atom stereocenters. The number of hydrogen-bond donors (Lipinski definition) is 3. The summed E-state index contributed by atoms with van der Waals surface area (Å²) in [6.45, 7) is 2.41. The zero-order valence-electron chi connectivity index (χ0n) is 10.0. The molecule has 0 aliphatic rings. The lowest BCUT2D eigenvalue weighted by molar-refractivity contribution is -0.140. The second-order valence-electron chi connectivity index (χ2n) is 3.97. The zero-order valence-corrected chi connectivity index (χ0v) is 10.9. The fourth-order valence-corrected chi connectivity index (χ4v) is 3.00. The average Bonchev–Trinajstić information content (AvgIpc) is 2.14. The van der Waals surface area contributed by atoms with Crippen molar-refractivity contribution in [2.24, 2.45) is 11.7 Å². The first-order valence-electron chi connectivity index (χ1n) is 5.05. The van der Waals surface area contributed by atoms with Crippen molar-refractivity contribution in [1.82, 2.24) is 5.32 Å². The van der Waals surface area contributed by atoms with E-state index in [1.807, 2.05) is 5.32 Å². The maximum Gasteiger partial charge on any atom is 0.327 e. The minimum absolute atomic E-state index is 0.550. The number of sulfone groups is 1. The predicted octanol–water partition coefficient (Wildman–Crippen LogP) is -1.89. The molecule has 4 N–H and O–H groups in total. The van der Waals surface area contributed by atoms with Crippen LogP contribution in [0.5, 0.6) is 0 Å². The molecule has 0 aromatic rings. The van der Waals surface area contributed by atoms with E-state index >= 15 is 0 Å². The number of amides is 2. The topological polar surface area (TPSA) is 144 Å². The Morgan fingerprint density at radius 1 is 1.28 bits per heavy atom. The van der Waals surface area contributed by atoms with Crippen LogP contribution in [0.1, 0.15) is 13.8 Å². The summed E-state index contributed by atoms with van der Waals surface area (Å²) in [7, 11) is -3.81. The van der Waals surface area contributed by atoms with Crippen LogP contribution >= 0.6 is 0 Å². The van der Waals surface area contributed by atoms with Crippen LogP contribution in [0.25, 0.3) is 0 Å². The van der Waals surface area contributed by atoms with Crippen LogP contribution in [0.15, 0.2) is 0 Å². The van der Waals surface area contributed by atoms with Crippen molar-refractivity contribution in [2.45, 2.75) is 19.9 Å². The number of carboxylic acid groups (broad SMARTS) is 1. The molecule has 0 rings (SSSR count). The molecule has 104 valence electrons. The number of rotatable bonds is 7. The minimum Gasteiger partial charge on any atom is -0.480 e. The molecular weight excluding hydrogens is 264 g/mol. The van der Waals surface area contributed by atoms with Crippen molar-refractivity contribution in [3.63, 3.8) is 0 Å². The van der Waals surface area contributed by atoms with E-state index in [0.29, 0.717) is 0 Å². The Morgan fingerprint density at radius 2 is 1.78 bits per heavy atom. The third-order valence-electron chi connectivity index (χ3n) is 2.09. The highest BCUT2D eigenvalue weighted by molar-refractivity contribution is 7.91. The van der Waals surface area contributed by atoms with Crippen LogP contribution in [0.2, 0.25) is 0 Å². The Hall–Kier alpha value is -1.64. The Bertz CT molecular complexity index is 444. The maximum atomic E-state index is 11.6. The number of nitrogens with two attached hydrogens (primary N) is 1. The molecule has 0 aliphatic carbocycles. The molecule has 0 saturated carbocycles. The molecule has 0 radical (unpaired) electrons. The smallest absolute Gasteiger partial charge is 0.327 e. The summed E-state index contributed by atoms with van der Waals surface area (Å²) in [5.74, 6) is -5.14. The van der Waals surface area contributed by atoms with Gasteiger partial charge in [-0.2, -0.15) is 0 Å². The number of hydrogen-bond acceptors (Lipinski definition) is 5. The summed E-state index contributed by atoms with van der Waals surface area (Å²) in [6.07, 6.45) is 0. The molecule has 0 saturated heterocycles. The summed E-state index contributed by atoms with van der Waals surface area (Å²) in [4.78, 5) is 32.2. The number of carbonyl (C=O) groups excluding carboxylic acids is 2. The van der Waals surface area contributed by atoms with E-state index in [-0.39, 0.29) is 0 Å². The van der Waals surface area contributed by atoms with Crippen LogP contribution in [0.3, 0.4) is 0 Å². The van der Waals surface area contributed by atoms with Crippen molar-refractivity contribution < 1.29 is 27.9 Å². The molecule has 2 amide bonds. The first-order chi connectivity index (χ1) is 8.05. The second kappa shape index (κ2) is 6.34. The van der Waals surface area contributed by atoms with Crippen LogP contribution in [0, 0.1) is 5.92 Å². The van der Waals surface area contributed by atoms with Crippen LogP contribution < -0.4 is 11.1 Å². The number of nitrogens with one attached hydrogen (secondary N) is 1. The predicted molar refractivity (Wildman–Crippen MR) is 62.3 cm³/mol. The van der Waals surface area contributed by atoms with Gasteiger partial charge in [-0.3, -0.25) is 9.59 Å². The van der Waals surface area contributed by atoms with Gasteiger partial charge >= 0.3 is 5.97 Å². The summed E-state index contributed by atoms with van der Waals surface area (Å²) >= 11 is 0. The van der Waals surface area contributed by atoms with Crippen molar-refractivity contribution in [1.29, 1.82) is 0 Å². The van der Waals surface area contributed by atoms with Gasteiger partial charge in [0.05, 0.1) is 11.5 Å². The Balaban J connectivity index is 4.76. The Labute approximate surface area is 104 Å². The van der Waals surface area contributed by atoms with Gasteiger partial charge in [-0.05, 0) is 0 Å². The standard InChI is InChI=1S/C9H16N2O6S/c1-5(8(10)13)3-18(16,17)4-7(9(14)15)11-6(2)12/h5,7H,3-4H2,1-2H3,(H2,10,13)(H,11,12)(H,14,15). The third-order valence-corrected chi connectivity index (χ3v) is 3.93. The first-order valence-corrected chi connectivity index (χ1v) is 6.87. The molecule has 8 nitrogen and oxygen atoms in total. The zero-order chi connectivity index (χ0) is 14.5. The van der Waals surface area contributed by atoms with Gasteiger partial charge < -0.3 is 16.2 Å². The lowest BCUT2D eigenvalue weighted by Crippen LogP contribution is -2.45. The SMILES string of the molecule is CC(=O)NC(CS(=O)(=O)CC(C)C(N)=O)C(=O)O. The molecule has 0 bridgehead atoms. The molecule has 0 aromatic carbocycles. The maximum absolute atomic E-state index is 11.6. The van der Waals surface area contributed by atoms with Gasteiger partial charge in [-0.1, -0.05) is 6.92 Å². The second-order valence-corrected chi connectivity index (χ2v) is 6.13. The van der Waals surface area contributed by atoms with Crippen molar-refractivity contribution in [3.05, 3.63) is 0 Å². The highest BCUT2D eigenvalue weighted by Gasteiger charge is 2.28. The molecule has 0 aromatic heterocycles. The highest BCUT2D eigenvalue weighted by atomic mass is 32.2. The monoisotopic (exact) mass is 280 g/mol. The molecule has 0 spiro atoms. The summed E-state index contributed by atoms with van der Waals surface area (Å²) in [5, 5.41) is 10.8. The van der Waals surface area contributed by atoms with Gasteiger partial charge in [0.1, 0.15) is 6.04 Å². The molecule has 9 heteroatoms. The van der Waals surface area contributed by atoms with Gasteiger partial charge in [0.2, 0.25) is 11.8 Å². The van der Waals surface area contributed by atoms with Crippen molar-refractivity contribution in [2.75, 3.05) is 11.5 Å². The molecule has 0 fully saturated rings. The molecule has 0 heterocycles. The number of aliphatic carboxylic acids is 1. The normalized spacial score (nSPS) is 14.6. The van der Waals surface area contributed by atoms with E-state index in [4.69, 9.17) is 10.8 Å². The molecule has 2 atom stereocenters. The van der Waals surface area contributed by atoms with E-state index in [9.17, 15) is 22.8 Å². The largest absolute Gasteiger partial charge is 0.480 e. The number of carbonyl (C=O) groups is 3. The summed E-state index contributed by atoms with van der Waals surface area (Å²) in [5.41, 5.74) is 4.93. The van der Waals surface area contributed by atoms with E-state index in [2.05, 4.69) is 0 Å². The van der Waals surface area contributed by atoms with Gasteiger partial charge in [0.15, 0.2) is 9.84 Å². The van der Waals surface area contributed by atoms with Crippen molar-refractivity contribution in [3.8, 4) is 0 Å². The fraction of sp³-hybridized carbons (Fsp3) is 0.667. The molecular formula is C9H16N2O6S. The minimum atomic E-state index is -3.81. The van der Waals surface area contributed by atoms with Crippen molar-refractivity contribution >= 4 is 27.6 Å². The lowest BCUT2D eigenvalue weighted by atomic mass is 10.2. The molecule has 0 aliphatic heterocycles. The lowest BCUT2D eigenvalue weighted by Gasteiger charge is -2.14. The highest BCUT2D eigenvalue weighted by Crippen LogP contribution is 2.04. The van der Waals surface area contributed by atoms with E-state index in [1.54, 1.807) is 0 Å². The quantitative estimate of drug-likeness (QED) is 0.497. The fourth-order valence-electron chi connectivity index (χ4n) is 1.21. The van der Waals surface area contributed by atoms with Crippen LogP contribution in [-0.2, 0) is 24.2 Å². The Kier molecular flexibility index (Phi) is 5.76. The first kappa shape index (κ1) is 16.4. The summed E-state index contributed by atoms with van der Waals surface area (Å²) in [6, 6.07) is -1.53. The third kappa shape index (κ3) is 6.18. The van der Waals surface area contributed by atoms with Crippen LogP contribution in [0.4, 0.5) is 0 Å². The van der Waals surface area contributed by atoms with E-state index in [1.165, 1.54) is 6.92 Å². The van der Waals surface area contributed by atoms with Gasteiger partial charge in [-0.15, -0.1) is 0 Å². The Morgan fingerprint density at radius 3 is 2.11 bits per heavy atom. The van der Waals surface area contributed by atoms with Gasteiger partial charge in [0.25, 0.3) is 0 Å². The summed E-state index contributed by atoms with van der Waals surface area (Å²) < 4.78 is 23.2. The average molecular weight is 280 g/mol. The van der Waals surface area contributed by atoms with Gasteiger partial charge in [0, 0.05) is 12.8 Å². The van der Waals surface area contributed by atoms with Gasteiger partial charge in [-0.25, -0.2) is 13.2 Å². The number of carboxylic acids is 1. The molecule has 18 heavy (non-hydrogen) atoms. The number of primary amides is 1. The van der Waals surface area contributed by atoms with E-state index in [0.717, 1.165) is 6.92 Å². The van der Waals surface area contributed by atoms with E-state index < -0.39 is 51.1 Å². The van der Waals surface area contributed by atoms with Crippen LogP contribution in [-0.4, -0.2) is 48.9 Å².